The van der Waals surface area contributed by atoms with Crippen LogP contribution in [-0.4, -0.2) is 9.55 Å². The van der Waals surface area contributed by atoms with Crippen molar-refractivity contribution in [1.29, 1.82) is 5.26 Å². The first-order chi connectivity index (χ1) is 9.17. The minimum absolute atomic E-state index is 0.358. The van der Waals surface area contributed by atoms with Crippen LogP contribution in [0.3, 0.4) is 0 Å². The first-order valence-corrected chi connectivity index (χ1v) is 7.14. The molecule has 3 rings (SSSR count). The van der Waals surface area contributed by atoms with Gasteiger partial charge in [-0.3, -0.25) is 0 Å². The molecule has 2 aromatic rings. The molecule has 1 heterocycles. The van der Waals surface area contributed by atoms with E-state index in [-0.39, 0.29) is 0 Å². The van der Waals surface area contributed by atoms with E-state index in [1.165, 1.54) is 19.3 Å². The molecule has 0 atom stereocenters. The van der Waals surface area contributed by atoms with E-state index in [1.54, 1.807) is 0 Å². The Kier molecular flexibility index (Phi) is 2.99. The maximum absolute atomic E-state index is 9.17. The van der Waals surface area contributed by atoms with E-state index in [9.17, 15) is 0 Å². The number of aromatic nitrogens is 2. The third kappa shape index (κ3) is 2.01. The smallest absolute Gasteiger partial charge is 0.124 e. The molecule has 0 radical (unpaired) electrons. The summed E-state index contributed by atoms with van der Waals surface area (Å²) in [6.45, 7) is 3.26. The van der Waals surface area contributed by atoms with E-state index >= 15 is 0 Å². The maximum Gasteiger partial charge on any atom is 0.124 e. The van der Waals surface area contributed by atoms with Crippen molar-refractivity contribution in [3.63, 3.8) is 0 Å². The summed E-state index contributed by atoms with van der Waals surface area (Å²) in [5.74, 6) is 1.25. The number of halogens is 1. The van der Waals surface area contributed by atoms with Crippen molar-refractivity contribution in [3.05, 3.63) is 29.6 Å². The van der Waals surface area contributed by atoms with Crippen LogP contribution in [0.25, 0.3) is 11.0 Å². The van der Waals surface area contributed by atoms with Crippen LogP contribution in [0.5, 0.6) is 0 Å². The Balaban J connectivity index is 2.14. The molecule has 0 amide bonds. The lowest BCUT2D eigenvalue weighted by atomic mass is 9.70. The highest BCUT2D eigenvalue weighted by Crippen LogP contribution is 2.42. The Morgan fingerprint density at radius 3 is 2.84 bits per heavy atom. The molecule has 0 bridgehead atoms. The third-order valence-corrected chi connectivity index (χ3v) is 4.44. The predicted molar refractivity (Wildman–Crippen MR) is 76.0 cm³/mol. The van der Waals surface area contributed by atoms with Gasteiger partial charge in [0.1, 0.15) is 17.4 Å². The van der Waals surface area contributed by atoms with Gasteiger partial charge in [0.05, 0.1) is 17.0 Å². The minimum Gasteiger partial charge on any atom is -0.326 e. The van der Waals surface area contributed by atoms with Crippen LogP contribution >= 0.6 is 11.6 Å². The number of nitrogens with zero attached hydrogens (tertiary/aromatic N) is 3. The molecule has 1 aromatic heterocycles. The molecule has 98 valence electrons. The molecule has 0 spiro atoms. The average molecular weight is 274 g/mol. The largest absolute Gasteiger partial charge is 0.326 e. The first-order valence-electron chi connectivity index (χ1n) is 6.61. The normalized spacial score (nSPS) is 17.1. The minimum atomic E-state index is 0.358. The second kappa shape index (κ2) is 4.54. The number of para-hydroxylation sites is 1. The summed E-state index contributed by atoms with van der Waals surface area (Å²) in [6, 6.07) is 7.96. The SMILES string of the molecule is CC1(Cn2c(CCl)nc3c(C#N)cccc32)CCC1. The Hall–Kier alpha value is -1.53. The fourth-order valence-electron chi connectivity index (χ4n) is 2.88. The molecule has 0 saturated heterocycles. The number of hydrogen-bond donors (Lipinski definition) is 0. The zero-order chi connectivity index (χ0) is 13.5. The van der Waals surface area contributed by atoms with Crippen LogP contribution in [0.4, 0.5) is 0 Å². The van der Waals surface area contributed by atoms with Gasteiger partial charge >= 0.3 is 0 Å². The van der Waals surface area contributed by atoms with Crippen molar-refractivity contribution in [2.24, 2.45) is 5.41 Å². The number of fused-ring (bicyclic) bond motifs is 1. The Morgan fingerprint density at radius 1 is 1.47 bits per heavy atom. The Labute approximate surface area is 117 Å². The van der Waals surface area contributed by atoms with Gasteiger partial charge in [-0.25, -0.2) is 4.98 Å². The molecule has 1 saturated carbocycles. The number of hydrogen-bond acceptors (Lipinski definition) is 2. The molecular formula is C15H16ClN3. The molecule has 0 unspecified atom stereocenters. The van der Waals surface area contributed by atoms with E-state index in [2.05, 4.69) is 22.5 Å². The van der Waals surface area contributed by atoms with Crippen LogP contribution < -0.4 is 0 Å². The fourth-order valence-corrected chi connectivity index (χ4v) is 3.09. The Bertz CT molecular complexity index is 662. The molecule has 1 aromatic carbocycles. The summed E-state index contributed by atoms with van der Waals surface area (Å²) in [5.41, 5.74) is 2.80. The third-order valence-electron chi connectivity index (χ3n) is 4.20. The van der Waals surface area contributed by atoms with E-state index in [4.69, 9.17) is 16.9 Å². The number of alkyl halides is 1. The molecule has 19 heavy (non-hydrogen) atoms. The van der Waals surface area contributed by atoms with Crippen LogP contribution in [0.15, 0.2) is 18.2 Å². The van der Waals surface area contributed by atoms with Crippen molar-refractivity contribution < 1.29 is 0 Å². The van der Waals surface area contributed by atoms with Crippen LogP contribution in [-0.2, 0) is 12.4 Å². The van der Waals surface area contributed by atoms with Gasteiger partial charge in [0.2, 0.25) is 0 Å². The van der Waals surface area contributed by atoms with Crippen molar-refractivity contribution in [2.75, 3.05) is 0 Å². The summed E-state index contributed by atoms with van der Waals surface area (Å²) in [5, 5.41) is 9.17. The molecule has 0 N–H and O–H groups in total. The van der Waals surface area contributed by atoms with Gasteiger partial charge in [-0.2, -0.15) is 5.26 Å². The fraction of sp³-hybridized carbons (Fsp3) is 0.467. The van der Waals surface area contributed by atoms with Gasteiger partial charge in [-0.1, -0.05) is 19.4 Å². The van der Waals surface area contributed by atoms with E-state index in [1.807, 2.05) is 18.2 Å². The Morgan fingerprint density at radius 2 is 2.26 bits per heavy atom. The van der Waals surface area contributed by atoms with E-state index in [0.29, 0.717) is 16.9 Å². The zero-order valence-electron chi connectivity index (χ0n) is 11.0. The van der Waals surface area contributed by atoms with Gasteiger partial charge in [0.25, 0.3) is 0 Å². The van der Waals surface area contributed by atoms with Gasteiger partial charge in [0.15, 0.2) is 0 Å². The highest BCUT2D eigenvalue weighted by atomic mass is 35.5. The van der Waals surface area contributed by atoms with Crippen LogP contribution in [0, 0.1) is 16.7 Å². The molecule has 3 nitrogen and oxygen atoms in total. The van der Waals surface area contributed by atoms with Crippen LogP contribution in [0.2, 0.25) is 0 Å². The van der Waals surface area contributed by atoms with Crippen molar-refractivity contribution in [2.45, 2.75) is 38.6 Å². The lowest BCUT2D eigenvalue weighted by Crippen LogP contribution is -2.31. The molecule has 0 aliphatic heterocycles. The zero-order valence-corrected chi connectivity index (χ0v) is 11.7. The summed E-state index contributed by atoms with van der Waals surface area (Å²) >= 11 is 6.02. The van der Waals surface area contributed by atoms with Crippen LogP contribution in [0.1, 0.15) is 37.6 Å². The number of nitriles is 1. The second-order valence-corrected chi connectivity index (χ2v) is 5.96. The van der Waals surface area contributed by atoms with Gasteiger partial charge < -0.3 is 4.57 Å². The molecule has 1 fully saturated rings. The first kappa shape index (κ1) is 12.5. The molecule has 4 heteroatoms. The van der Waals surface area contributed by atoms with Gasteiger partial charge in [-0.05, 0) is 30.4 Å². The summed E-state index contributed by atoms with van der Waals surface area (Å²) in [7, 11) is 0. The quantitative estimate of drug-likeness (QED) is 0.798. The standard InChI is InChI=1S/C15H16ClN3/c1-15(6-3-7-15)10-19-12-5-2-4-11(9-17)14(12)18-13(19)8-16/h2,4-5H,3,6-8,10H2,1H3. The van der Waals surface area contributed by atoms with Crippen molar-refractivity contribution in [3.8, 4) is 6.07 Å². The second-order valence-electron chi connectivity index (χ2n) is 5.70. The average Bonchev–Trinajstić information content (AvgIpc) is 2.75. The number of rotatable bonds is 3. The van der Waals surface area contributed by atoms with E-state index < -0.39 is 0 Å². The van der Waals surface area contributed by atoms with Crippen molar-refractivity contribution >= 4 is 22.6 Å². The van der Waals surface area contributed by atoms with E-state index in [0.717, 1.165) is 23.4 Å². The summed E-state index contributed by atoms with van der Waals surface area (Å²) in [4.78, 5) is 4.55. The molecule has 1 aliphatic rings. The predicted octanol–water partition coefficient (Wildman–Crippen LogP) is 3.84. The van der Waals surface area contributed by atoms with Gasteiger partial charge in [0, 0.05) is 6.54 Å². The number of imidazole rings is 1. The molecule has 1 aliphatic carbocycles. The molecular weight excluding hydrogens is 258 g/mol. The maximum atomic E-state index is 9.17. The number of benzene rings is 1. The lowest BCUT2D eigenvalue weighted by molar-refractivity contribution is 0.133. The highest BCUT2D eigenvalue weighted by molar-refractivity contribution is 6.16. The van der Waals surface area contributed by atoms with Crippen molar-refractivity contribution in [1.82, 2.24) is 9.55 Å². The highest BCUT2D eigenvalue weighted by Gasteiger charge is 2.33. The monoisotopic (exact) mass is 273 g/mol. The topological polar surface area (TPSA) is 41.6 Å². The summed E-state index contributed by atoms with van der Waals surface area (Å²) < 4.78 is 2.20. The summed E-state index contributed by atoms with van der Waals surface area (Å²) in [6.07, 6.45) is 3.82. The van der Waals surface area contributed by atoms with Gasteiger partial charge in [-0.15, -0.1) is 11.6 Å². The lowest BCUT2D eigenvalue weighted by Gasteiger charge is -2.39.